The van der Waals surface area contributed by atoms with E-state index >= 15 is 0 Å². The van der Waals surface area contributed by atoms with E-state index in [9.17, 15) is 8.78 Å². The summed E-state index contributed by atoms with van der Waals surface area (Å²) in [5.41, 5.74) is 6.27. The first-order valence-corrected chi connectivity index (χ1v) is 5.08. The molecule has 0 bridgehead atoms. The van der Waals surface area contributed by atoms with E-state index in [4.69, 9.17) is 5.73 Å². The lowest BCUT2D eigenvalue weighted by Crippen LogP contribution is -1.89. The minimum Gasteiger partial charge on any atom is -0.375 e. The van der Waals surface area contributed by atoms with Crippen LogP contribution in [0.3, 0.4) is 0 Å². The van der Waals surface area contributed by atoms with Gasteiger partial charge in [0.15, 0.2) is 5.13 Å². The summed E-state index contributed by atoms with van der Waals surface area (Å²) in [7, 11) is 0. The fourth-order valence-corrected chi connectivity index (χ4v) is 2.05. The van der Waals surface area contributed by atoms with Crippen LogP contribution in [0, 0.1) is 18.6 Å². The zero-order valence-electron chi connectivity index (χ0n) is 8.33. The van der Waals surface area contributed by atoms with Gasteiger partial charge in [-0.05, 0) is 19.1 Å². The molecule has 16 heavy (non-hydrogen) atoms. The van der Waals surface area contributed by atoms with Crippen molar-refractivity contribution < 1.29 is 8.78 Å². The highest BCUT2D eigenvalue weighted by molar-refractivity contribution is 8.93. The van der Waals surface area contributed by atoms with Crippen LogP contribution in [-0.4, -0.2) is 4.98 Å². The number of halogens is 3. The SMILES string of the molecule is Br.Cc1sc(N)nc1-c1ccc(F)cc1F. The number of rotatable bonds is 1. The quantitative estimate of drug-likeness (QED) is 0.875. The molecule has 1 heterocycles. The van der Waals surface area contributed by atoms with Gasteiger partial charge in [-0.25, -0.2) is 13.8 Å². The largest absolute Gasteiger partial charge is 0.375 e. The first kappa shape index (κ1) is 13.1. The summed E-state index contributed by atoms with van der Waals surface area (Å²) in [4.78, 5) is 4.82. The van der Waals surface area contributed by atoms with Crippen molar-refractivity contribution in [1.29, 1.82) is 0 Å². The molecular formula is C10H9BrF2N2S. The fourth-order valence-electron chi connectivity index (χ4n) is 1.35. The Morgan fingerprint density at radius 2 is 2.00 bits per heavy atom. The predicted octanol–water partition coefficient (Wildman–Crippen LogP) is 3.56. The molecular weight excluding hydrogens is 298 g/mol. The molecule has 2 rings (SSSR count). The zero-order valence-corrected chi connectivity index (χ0v) is 10.9. The van der Waals surface area contributed by atoms with Gasteiger partial charge in [-0.1, -0.05) is 0 Å². The summed E-state index contributed by atoms with van der Waals surface area (Å²) in [6.07, 6.45) is 0. The van der Waals surface area contributed by atoms with Crippen molar-refractivity contribution in [3.05, 3.63) is 34.7 Å². The molecule has 1 aromatic heterocycles. The molecule has 0 fully saturated rings. The molecule has 0 spiro atoms. The van der Waals surface area contributed by atoms with Crippen molar-refractivity contribution in [2.45, 2.75) is 6.92 Å². The maximum Gasteiger partial charge on any atom is 0.180 e. The van der Waals surface area contributed by atoms with Crippen LogP contribution in [0.25, 0.3) is 11.3 Å². The lowest BCUT2D eigenvalue weighted by atomic mass is 10.1. The zero-order chi connectivity index (χ0) is 11.0. The lowest BCUT2D eigenvalue weighted by Gasteiger charge is -2.00. The van der Waals surface area contributed by atoms with Crippen LogP contribution in [0.5, 0.6) is 0 Å². The Morgan fingerprint density at radius 1 is 1.31 bits per heavy atom. The highest BCUT2D eigenvalue weighted by Crippen LogP contribution is 2.30. The van der Waals surface area contributed by atoms with Crippen LogP contribution in [-0.2, 0) is 0 Å². The van der Waals surface area contributed by atoms with Gasteiger partial charge in [0.05, 0.1) is 5.69 Å². The third-order valence-corrected chi connectivity index (χ3v) is 2.80. The minimum absolute atomic E-state index is 0. The second-order valence-corrected chi connectivity index (χ2v) is 4.32. The summed E-state index contributed by atoms with van der Waals surface area (Å²) in [5.74, 6) is -1.22. The maximum atomic E-state index is 13.4. The summed E-state index contributed by atoms with van der Waals surface area (Å²) in [6, 6.07) is 3.41. The normalized spacial score (nSPS) is 9.94. The van der Waals surface area contributed by atoms with E-state index in [1.165, 1.54) is 23.5 Å². The Morgan fingerprint density at radius 3 is 2.50 bits per heavy atom. The van der Waals surface area contributed by atoms with Crippen molar-refractivity contribution in [2.24, 2.45) is 0 Å². The summed E-state index contributed by atoms with van der Waals surface area (Å²) < 4.78 is 26.1. The van der Waals surface area contributed by atoms with Gasteiger partial charge in [0.1, 0.15) is 11.6 Å². The van der Waals surface area contributed by atoms with Crippen LogP contribution in [0.1, 0.15) is 4.88 Å². The standard InChI is InChI=1S/C10H8F2N2S.BrH/c1-5-9(14-10(13)15-5)7-3-2-6(11)4-8(7)12;/h2-4H,1H3,(H2,13,14);1H. The van der Waals surface area contributed by atoms with E-state index in [-0.39, 0.29) is 22.5 Å². The van der Waals surface area contributed by atoms with E-state index < -0.39 is 11.6 Å². The van der Waals surface area contributed by atoms with E-state index in [1.807, 2.05) is 0 Å². The smallest absolute Gasteiger partial charge is 0.180 e. The van der Waals surface area contributed by atoms with E-state index in [1.54, 1.807) is 6.92 Å². The fraction of sp³-hybridized carbons (Fsp3) is 0.100. The van der Waals surface area contributed by atoms with Gasteiger partial charge in [0.25, 0.3) is 0 Å². The minimum atomic E-state index is -0.622. The van der Waals surface area contributed by atoms with Gasteiger partial charge in [-0.3, -0.25) is 0 Å². The molecule has 0 unspecified atom stereocenters. The van der Waals surface area contributed by atoms with Gasteiger partial charge in [-0.2, -0.15) is 0 Å². The number of nitrogen functional groups attached to an aromatic ring is 1. The van der Waals surface area contributed by atoms with Crippen LogP contribution < -0.4 is 5.73 Å². The molecule has 0 aliphatic rings. The topological polar surface area (TPSA) is 38.9 Å². The monoisotopic (exact) mass is 306 g/mol. The van der Waals surface area contributed by atoms with Crippen LogP contribution in [0.2, 0.25) is 0 Å². The molecule has 0 saturated heterocycles. The number of nitrogens with zero attached hydrogens (tertiary/aromatic N) is 1. The second-order valence-electron chi connectivity index (χ2n) is 3.08. The van der Waals surface area contributed by atoms with Crippen molar-refractivity contribution in [2.75, 3.05) is 5.73 Å². The number of aryl methyl sites for hydroxylation is 1. The molecule has 6 heteroatoms. The highest BCUT2D eigenvalue weighted by atomic mass is 79.9. The molecule has 2 N–H and O–H groups in total. The Bertz CT molecular complexity index is 514. The number of benzene rings is 1. The third kappa shape index (κ3) is 2.38. The maximum absolute atomic E-state index is 13.4. The number of anilines is 1. The van der Waals surface area contributed by atoms with E-state index in [0.717, 1.165) is 10.9 Å². The second kappa shape index (κ2) is 4.88. The van der Waals surface area contributed by atoms with Crippen molar-refractivity contribution in [1.82, 2.24) is 4.98 Å². The van der Waals surface area contributed by atoms with Crippen LogP contribution in [0.4, 0.5) is 13.9 Å². The van der Waals surface area contributed by atoms with Gasteiger partial charge in [-0.15, -0.1) is 28.3 Å². The molecule has 86 valence electrons. The molecule has 0 atom stereocenters. The average Bonchev–Trinajstić information content (AvgIpc) is 2.45. The molecule has 0 aliphatic heterocycles. The summed E-state index contributed by atoms with van der Waals surface area (Å²) in [5, 5.41) is 0.381. The number of hydrogen-bond donors (Lipinski definition) is 1. The van der Waals surface area contributed by atoms with E-state index in [2.05, 4.69) is 4.98 Å². The Hall–Kier alpha value is -1.01. The summed E-state index contributed by atoms with van der Waals surface area (Å²) in [6.45, 7) is 1.80. The summed E-state index contributed by atoms with van der Waals surface area (Å²) >= 11 is 1.28. The predicted molar refractivity (Wildman–Crippen MR) is 66.9 cm³/mol. The Labute approximate surface area is 106 Å². The molecule has 0 radical (unpaired) electrons. The molecule has 0 saturated carbocycles. The van der Waals surface area contributed by atoms with Crippen molar-refractivity contribution in [3.8, 4) is 11.3 Å². The number of nitrogens with two attached hydrogens (primary N) is 1. The van der Waals surface area contributed by atoms with Gasteiger partial charge >= 0.3 is 0 Å². The first-order valence-electron chi connectivity index (χ1n) is 4.26. The molecule has 1 aromatic carbocycles. The molecule has 2 nitrogen and oxygen atoms in total. The number of hydrogen-bond acceptors (Lipinski definition) is 3. The van der Waals surface area contributed by atoms with Crippen LogP contribution in [0.15, 0.2) is 18.2 Å². The molecule has 2 aromatic rings. The average molecular weight is 307 g/mol. The number of thiazole rings is 1. The lowest BCUT2D eigenvalue weighted by molar-refractivity contribution is 0.585. The van der Waals surface area contributed by atoms with Crippen molar-refractivity contribution >= 4 is 33.4 Å². The Kier molecular flexibility index (Phi) is 3.98. The van der Waals surface area contributed by atoms with Gasteiger partial charge in [0, 0.05) is 16.5 Å². The number of aromatic nitrogens is 1. The van der Waals surface area contributed by atoms with Gasteiger partial charge in [0.2, 0.25) is 0 Å². The first-order chi connectivity index (χ1) is 7.08. The molecule has 0 aliphatic carbocycles. The van der Waals surface area contributed by atoms with Gasteiger partial charge < -0.3 is 5.73 Å². The van der Waals surface area contributed by atoms with Crippen LogP contribution >= 0.6 is 28.3 Å². The van der Waals surface area contributed by atoms with E-state index in [0.29, 0.717) is 10.8 Å². The third-order valence-electron chi connectivity index (χ3n) is 2.00. The Balaban J connectivity index is 0.00000128. The van der Waals surface area contributed by atoms with Crippen molar-refractivity contribution in [3.63, 3.8) is 0 Å². The molecule has 0 amide bonds. The highest BCUT2D eigenvalue weighted by Gasteiger charge is 2.12.